The van der Waals surface area contributed by atoms with Crippen LogP contribution in [0.1, 0.15) is 26.7 Å². The normalized spacial score (nSPS) is 10.0. The molecule has 0 aromatic heterocycles. The number of rotatable bonds is 6. The third kappa shape index (κ3) is 16.1. The number of alkyl halides is 3. The van der Waals surface area contributed by atoms with E-state index in [1.165, 1.54) is 0 Å². The van der Waals surface area contributed by atoms with Crippen LogP contribution in [-0.4, -0.2) is 36.6 Å². The molecule has 0 amide bonds. The highest BCUT2D eigenvalue weighted by Crippen LogP contribution is 2.17. The first-order valence-corrected chi connectivity index (χ1v) is 5.90. The predicted octanol–water partition coefficient (Wildman–Crippen LogP) is 2.50. The van der Waals surface area contributed by atoms with Crippen molar-refractivity contribution in [1.82, 2.24) is 0 Å². The molecule has 0 aromatic rings. The van der Waals surface area contributed by atoms with Crippen LogP contribution in [0.4, 0.5) is 13.2 Å². The lowest BCUT2D eigenvalue weighted by Crippen LogP contribution is -2.19. The molecular formula is C13H19F3O5. The van der Waals surface area contributed by atoms with E-state index in [1.54, 1.807) is 6.92 Å². The van der Waals surface area contributed by atoms with Crippen LogP contribution in [0.5, 0.6) is 0 Å². The number of ether oxygens (including phenoxy) is 2. The van der Waals surface area contributed by atoms with Gasteiger partial charge >= 0.3 is 18.3 Å². The van der Waals surface area contributed by atoms with E-state index < -0.39 is 12.3 Å². The molecule has 0 aliphatic rings. The lowest BCUT2D eigenvalue weighted by Gasteiger charge is -2.05. The molecule has 0 bridgehead atoms. The molecule has 21 heavy (non-hydrogen) atoms. The minimum atomic E-state index is -4.91. The quantitative estimate of drug-likeness (QED) is 0.463. The number of aliphatic hydroxyl groups excluding tert-OH is 1. The van der Waals surface area contributed by atoms with Gasteiger partial charge in [0.1, 0.15) is 0 Å². The maximum atomic E-state index is 11.2. The zero-order valence-corrected chi connectivity index (χ0v) is 12.0. The Hall–Kier alpha value is -1.83. The SMILES string of the molecule is C=C(C)C(=O)OC(F)(F)F.C=C(C)C(=O)OCCCCO. The number of hydrogen-bond acceptors (Lipinski definition) is 5. The molecule has 0 radical (unpaired) electrons. The maximum Gasteiger partial charge on any atom is 0.575 e. The number of halogens is 3. The third-order valence-electron chi connectivity index (χ3n) is 1.69. The summed E-state index contributed by atoms with van der Waals surface area (Å²) >= 11 is 0. The first-order chi connectivity index (χ1) is 9.51. The van der Waals surface area contributed by atoms with Crippen LogP contribution in [0.25, 0.3) is 0 Å². The largest absolute Gasteiger partial charge is 0.575 e. The molecule has 5 nitrogen and oxygen atoms in total. The first-order valence-electron chi connectivity index (χ1n) is 5.90. The molecule has 0 saturated heterocycles. The van der Waals surface area contributed by atoms with Gasteiger partial charge in [-0.25, -0.2) is 9.59 Å². The van der Waals surface area contributed by atoms with Crippen LogP contribution in [0.3, 0.4) is 0 Å². The summed E-state index contributed by atoms with van der Waals surface area (Å²) in [5, 5.41) is 8.38. The second-order valence-electron chi connectivity index (χ2n) is 3.96. The maximum absolute atomic E-state index is 11.2. The minimum Gasteiger partial charge on any atom is -0.462 e. The summed E-state index contributed by atoms with van der Waals surface area (Å²) in [7, 11) is 0. The van der Waals surface area contributed by atoms with Gasteiger partial charge in [0.05, 0.1) is 6.61 Å². The summed E-state index contributed by atoms with van der Waals surface area (Å²) in [6.07, 6.45) is -3.53. The van der Waals surface area contributed by atoms with E-state index >= 15 is 0 Å². The van der Waals surface area contributed by atoms with E-state index in [0.717, 1.165) is 6.92 Å². The predicted molar refractivity (Wildman–Crippen MR) is 69.1 cm³/mol. The molecule has 0 spiro atoms. The highest BCUT2D eigenvalue weighted by Gasteiger charge is 2.33. The number of aliphatic hydroxyl groups is 1. The van der Waals surface area contributed by atoms with Gasteiger partial charge in [0.15, 0.2) is 0 Å². The summed E-state index contributed by atoms with van der Waals surface area (Å²) in [6, 6.07) is 0. The van der Waals surface area contributed by atoms with Crippen molar-refractivity contribution in [3.8, 4) is 0 Å². The molecule has 0 atom stereocenters. The topological polar surface area (TPSA) is 72.8 Å². The summed E-state index contributed by atoms with van der Waals surface area (Å²) in [6.45, 7) is 9.64. The van der Waals surface area contributed by atoms with Crippen molar-refractivity contribution in [2.45, 2.75) is 33.1 Å². The van der Waals surface area contributed by atoms with Gasteiger partial charge in [0.25, 0.3) is 0 Å². The molecule has 0 aliphatic carbocycles. The highest BCUT2D eigenvalue weighted by molar-refractivity contribution is 5.87. The van der Waals surface area contributed by atoms with E-state index in [-0.39, 0.29) is 18.1 Å². The summed E-state index contributed by atoms with van der Waals surface area (Å²) in [4.78, 5) is 20.8. The average molecular weight is 312 g/mol. The number of carbonyl (C=O) groups is 2. The molecule has 0 heterocycles. The van der Waals surface area contributed by atoms with Gasteiger partial charge in [-0.3, -0.25) is 0 Å². The van der Waals surface area contributed by atoms with Crippen LogP contribution >= 0.6 is 0 Å². The van der Waals surface area contributed by atoms with Crippen molar-refractivity contribution in [3.63, 3.8) is 0 Å². The van der Waals surface area contributed by atoms with Crippen LogP contribution in [-0.2, 0) is 19.1 Å². The molecule has 122 valence electrons. The Balaban J connectivity index is 0. The van der Waals surface area contributed by atoms with Gasteiger partial charge in [-0.2, -0.15) is 0 Å². The molecule has 1 N–H and O–H groups in total. The number of unbranched alkanes of at least 4 members (excludes halogenated alkanes) is 1. The van der Waals surface area contributed by atoms with Crippen molar-refractivity contribution in [1.29, 1.82) is 0 Å². The van der Waals surface area contributed by atoms with Crippen molar-refractivity contribution in [2.75, 3.05) is 13.2 Å². The number of carbonyl (C=O) groups excluding carboxylic acids is 2. The molecular weight excluding hydrogens is 293 g/mol. The molecule has 0 fully saturated rings. The Morgan fingerprint density at radius 1 is 1.05 bits per heavy atom. The fourth-order valence-corrected chi connectivity index (χ4v) is 0.694. The highest BCUT2D eigenvalue weighted by atomic mass is 19.4. The van der Waals surface area contributed by atoms with Crippen LogP contribution in [0.15, 0.2) is 24.3 Å². The van der Waals surface area contributed by atoms with Crippen LogP contribution in [0, 0.1) is 0 Å². The zero-order chi connectivity index (χ0) is 17.1. The molecule has 0 unspecified atom stereocenters. The molecule has 0 rings (SSSR count). The van der Waals surface area contributed by atoms with Gasteiger partial charge < -0.3 is 14.6 Å². The van der Waals surface area contributed by atoms with E-state index in [2.05, 4.69) is 17.9 Å². The summed E-state index contributed by atoms with van der Waals surface area (Å²) in [5.74, 6) is -1.81. The Bertz CT molecular complexity index is 374. The van der Waals surface area contributed by atoms with Gasteiger partial charge in [-0.15, -0.1) is 13.2 Å². The lowest BCUT2D eigenvalue weighted by molar-refractivity contribution is -0.303. The minimum absolute atomic E-state index is 0.143. The summed E-state index contributed by atoms with van der Waals surface area (Å²) in [5.41, 5.74) is 0.131. The Kier molecular flexibility index (Phi) is 11.1. The Labute approximate surface area is 121 Å². The monoisotopic (exact) mass is 312 g/mol. The number of hydrogen-bond donors (Lipinski definition) is 1. The Morgan fingerprint density at radius 3 is 1.81 bits per heavy atom. The first kappa shape index (κ1) is 21.5. The van der Waals surface area contributed by atoms with E-state index in [9.17, 15) is 22.8 Å². The standard InChI is InChI=1S/C8H14O3.C5H5F3O2/c1-7(2)8(10)11-6-4-3-5-9;1-3(2)4(9)10-5(6,7)8/h9H,1,3-6H2,2H3;1H2,2H3. The summed E-state index contributed by atoms with van der Waals surface area (Å²) < 4.78 is 41.3. The average Bonchev–Trinajstić information content (AvgIpc) is 2.32. The van der Waals surface area contributed by atoms with Crippen molar-refractivity contribution in [3.05, 3.63) is 24.3 Å². The lowest BCUT2D eigenvalue weighted by atomic mass is 10.3. The van der Waals surface area contributed by atoms with E-state index in [1.807, 2.05) is 0 Å². The molecule has 0 saturated carbocycles. The van der Waals surface area contributed by atoms with Crippen LogP contribution < -0.4 is 0 Å². The van der Waals surface area contributed by atoms with Crippen molar-refractivity contribution >= 4 is 11.9 Å². The molecule has 8 heteroatoms. The van der Waals surface area contributed by atoms with Crippen molar-refractivity contribution < 1.29 is 37.3 Å². The van der Waals surface area contributed by atoms with Gasteiger partial charge in [0.2, 0.25) is 0 Å². The van der Waals surface area contributed by atoms with Gasteiger partial charge in [-0.1, -0.05) is 13.2 Å². The van der Waals surface area contributed by atoms with Crippen molar-refractivity contribution in [2.24, 2.45) is 0 Å². The third-order valence-corrected chi connectivity index (χ3v) is 1.69. The zero-order valence-electron chi connectivity index (χ0n) is 12.0. The van der Waals surface area contributed by atoms with E-state index in [0.29, 0.717) is 25.0 Å². The van der Waals surface area contributed by atoms with Gasteiger partial charge in [-0.05, 0) is 26.7 Å². The fourth-order valence-electron chi connectivity index (χ4n) is 0.694. The molecule has 0 aromatic carbocycles. The fraction of sp³-hybridized carbons (Fsp3) is 0.538. The number of esters is 2. The smallest absolute Gasteiger partial charge is 0.462 e. The second-order valence-corrected chi connectivity index (χ2v) is 3.96. The van der Waals surface area contributed by atoms with Gasteiger partial charge in [0, 0.05) is 17.8 Å². The molecule has 0 aliphatic heterocycles. The second kappa shape index (κ2) is 10.9. The Morgan fingerprint density at radius 2 is 1.52 bits per heavy atom. The van der Waals surface area contributed by atoms with E-state index in [4.69, 9.17) is 9.84 Å². The van der Waals surface area contributed by atoms with Crippen LogP contribution in [0.2, 0.25) is 0 Å².